The fourth-order valence-electron chi connectivity index (χ4n) is 7.34. The van der Waals surface area contributed by atoms with Crippen molar-refractivity contribution in [3.8, 4) is 17.2 Å². The van der Waals surface area contributed by atoms with Crippen LogP contribution in [0.3, 0.4) is 0 Å². The number of hydrogen-bond acceptors (Lipinski definition) is 13. The number of ether oxygens (including phenoxy) is 4. The molecule has 1 aromatic heterocycles. The van der Waals surface area contributed by atoms with Crippen LogP contribution in [0.5, 0.6) is 17.2 Å². The van der Waals surface area contributed by atoms with Crippen molar-refractivity contribution in [2.45, 2.75) is 162 Å². The number of carbonyl (C=O) groups is 1. The van der Waals surface area contributed by atoms with Gasteiger partial charge in [0.1, 0.15) is 26.4 Å². The van der Waals surface area contributed by atoms with E-state index in [9.17, 15) is 4.79 Å². The third kappa shape index (κ3) is 10.5. The number of hydrogen-bond donors (Lipinski definition) is 6. The molecule has 12 atom stereocenters. The van der Waals surface area contributed by atoms with E-state index in [0.717, 1.165) is 17.1 Å². The third-order valence-corrected chi connectivity index (χ3v) is 11.7. The lowest BCUT2D eigenvalue weighted by molar-refractivity contribution is -0.139. The van der Waals surface area contributed by atoms with Crippen LogP contribution in [0.4, 0.5) is 0 Å². The Bertz CT molecular complexity index is 1610. The molecule has 0 amide bonds. The molecule has 3 saturated heterocycles. The van der Waals surface area contributed by atoms with Crippen LogP contribution in [-0.2, 0) is 16.1 Å². The molecule has 0 saturated carbocycles. The molecule has 0 spiro atoms. The summed E-state index contributed by atoms with van der Waals surface area (Å²) >= 11 is 0. The Hall–Kier alpha value is -3.33. The fraction of sp³-hybridized carbons (Fsp3) is 0.683. The van der Waals surface area contributed by atoms with Gasteiger partial charge in [-0.3, -0.25) is 9.97 Å². The monoisotopic (exact) mass is 751 g/mol. The van der Waals surface area contributed by atoms with Gasteiger partial charge in [-0.15, -0.1) is 0 Å². The van der Waals surface area contributed by atoms with E-state index in [0.29, 0.717) is 72.5 Å². The molecule has 13 nitrogen and oxygen atoms in total. The number of carbonyl (C=O) groups excluding carboxylic acids is 1. The van der Waals surface area contributed by atoms with Gasteiger partial charge in [0.05, 0.1) is 40.9 Å². The molecule has 300 valence electrons. The van der Waals surface area contributed by atoms with Gasteiger partial charge in [0.15, 0.2) is 11.5 Å². The van der Waals surface area contributed by atoms with E-state index in [1.807, 2.05) is 32.9 Å². The molecule has 13 heteroatoms. The van der Waals surface area contributed by atoms with Crippen molar-refractivity contribution < 1.29 is 23.7 Å². The number of nitrogens with one attached hydrogen (secondary N) is 6. The second kappa shape index (κ2) is 18.5. The number of aryl methyl sites for hydroxylation is 3. The molecule has 1 aromatic carbocycles. The Morgan fingerprint density at radius 1 is 0.574 bits per heavy atom. The Balaban J connectivity index is 1.44. The lowest BCUT2D eigenvalue weighted by atomic mass is 10.00. The minimum Gasteiger partial charge on any atom is -0.488 e. The van der Waals surface area contributed by atoms with E-state index in [2.05, 4.69) is 104 Å². The van der Waals surface area contributed by atoms with Gasteiger partial charge < -0.3 is 50.8 Å². The molecule has 4 heterocycles. The summed E-state index contributed by atoms with van der Waals surface area (Å²) in [6, 6.07) is 6.38. The number of piperazine rings is 3. The molecular weight excluding hydrogens is 685 g/mol. The average Bonchev–Trinajstić information content (AvgIpc) is 3.11. The number of aromatic nitrogens is 2. The van der Waals surface area contributed by atoms with Crippen molar-refractivity contribution >= 4 is 12.0 Å². The van der Waals surface area contributed by atoms with Crippen molar-refractivity contribution in [1.82, 2.24) is 41.9 Å². The summed E-state index contributed by atoms with van der Waals surface area (Å²) in [5, 5.41) is 22.2. The van der Waals surface area contributed by atoms with Crippen LogP contribution >= 0.6 is 0 Å². The molecule has 54 heavy (non-hydrogen) atoms. The molecule has 5 rings (SSSR count). The van der Waals surface area contributed by atoms with Gasteiger partial charge in [-0.1, -0.05) is 0 Å². The highest BCUT2D eigenvalue weighted by Gasteiger charge is 2.33. The van der Waals surface area contributed by atoms with Crippen LogP contribution in [0.2, 0.25) is 0 Å². The highest BCUT2D eigenvalue weighted by atomic mass is 16.5. The van der Waals surface area contributed by atoms with Crippen LogP contribution < -0.4 is 46.1 Å². The van der Waals surface area contributed by atoms with E-state index in [4.69, 9.17) is 18.9 Å². The Labute approximate surface area is 322 Å². The first-order chi connectivity index (χ1) is 25.6. The van der Waals surface area contributed by atoms with Crippen molar-refractivity contribution in [2.24, 2.45) is 0 Å². The molecule has 0 bridgehead atoms. The predicted octanol–water partition coefficient (Wildman–Crippen LogP) is 3.48. The SMILES string of the molecule is Cc1nc(C)c(COC(=O)/C=C/c2ccc(OCC3NC(C)C(C)NC3C)c(OCC3NC(C)C(C)NC3C)c2OCC2NC(C)C(C)NC2C)nc1C. The number of esters is 1. The van der Waals surface area contributed by atoms with Gasteiger partial charge >= 0.3 is 5.97 Å². The number of benzene rings is 1. The van der Waals surface area contributed by atoms with Gasteiger partial charge in [-0.25, -0.2) is 4.79 Å². The molecule has 3 fully saturated rings. The van der Waals surface area contributed by atoms with Crippen LogP contribution in [0.25, 0.3) is 6.08 Å². The maximum Gasteiger partial charge on any atom is 0.331 e. The van der Waals surface area contributed by atoms with E-state index in [1.165, 1.54) is 6.08 Å². The summed E-state index contributed by atoms with van der Waals surface area (Å²) in [7, 11) is 0. The van der Waals surface area contributed by atoms with E-state index in [-0.39, 0.29) is 54.9 Å². The minimum absolute atomic E-state index is 0.0278. The zero-order valence-electron chi connectivity index (χ0n) is 34.5. The van der Waals surface area contributed by atoms with E-state index < -0.39 is 5.97 Å². The second-order valence-corrected chi connectivity index (χ2v) is 16.0. The Kier molecular flexibility index (Phi) is 14.4. The zero-order valence-corrected chi connectivity index (χ0v) is 34.5. The molecule has 2 aromatic rings. The largest absolute Gasteiger partial charge is 0.488 e. The van der Waals surface area contributed by atoms with Crippen LogP contribution in [0, 0.1) is 20.8 Å². The fourth-order valence-corrected chi connectivity index (χ4v) is 7.34. The lowest BCUT2D eigenvalue weighted by Crippen LogP contribution is -2.64. The quantitative estimate of drug-likeness (QED) is 0.131. The first-order valence-electron chi connectivity index (χ1n) is 19.9. The van der Waals surface area contributed by atoms with Crippen molar-refractivity contribution in [3.05, 3.63) is 46.5 Å². The molecule has 3 aliphatic rings. The molecule has 6 N–H and O–H groups in total. The summed E-state index contributed by atoms with van der Waals surface area (Å²) < 4.78 is 25.8. The van der Waals surface area contributed by atoms with Gasteiger partial charge in [0.2, 0.25) is 5.75 Å². The summed E-state index contributed by atoms with van der Waals surface area (Å²) in [6.45, 7) is 26.5. The molecular formula is C41H66N8O5. The highest BCUT2D eigenvalue weighted by Crippen LogP contribution is 2.42. The molecule has 3 aliphatic heterocycles. The standard InChI is InChI=1S/C41H66N8O5/c1-21-25(5)46-34(29(9)42-21)17-51-38-15-13-33(14-16-39(50)52-18-35-30(10)43-22(2)26(6)47-35)40(53-19-36-31(11)44-23(3)27(7)48-36)41(38)54-20-37-32(12)45-24(4)28(8)49-37/h13-16,21,23-25,27-29,31-32,34,36-37,42,44-46,48-49H,17-20H2,1-12H3/b16-14+. The van der Waals surface area contributed by atoms with E-state index >= 15 is 0 Å². The summed E-state index contributed by atoms with van der Waals surface area (Å²) in [4.78, 5) is 22.2. The topological polar surface area (TPSA) is 152 Å². The smallest absolute Gasteiger partial charge is 0.331 e. The maximum atomic E-state index is 13.1. The van der Waals surface area contributed by atoms with Crippen molar-refractivity contribution in [2.75, 3.05) is 19.8 Å². The first-order valence-corrected chi connectivity index (χ1v) is 19.9. The molecule has 0 aliphatic carbocycles. The first kappa shape index (κ1) is 41.8. The maximum absolute atomic E-state index is 13.1. The van der Waals surface area contributed by atoms with Crippen molar-refractivity contribution in [3.63, 3.8) is 0 Å². The minimum atomic E-state index is -0.500. The summed E-state index contributed by atoms with van der Waals surface area (Å²) in [5.74, 6) is 1.09. The average molecular weight is 751 g/mol. The lowest BCUT2D eigenvalue weighted by Gasteiger charge is -2.40. The Morgan fingerprint density at radius 2 is 1.02 bits per heavy atom. The van der Waals surface area contributed by atoms with Crippen LogP contribution in [-0.4, -0.2) is 108 Å². The molecule has 0 radical (unpaired) electrons. The zero-order chi connectivity index (χ0) is 39.3. The van der Waals surface area contributed by atoms with Crippen molar-refractivity contribution in [1.29, 1.82) is 0 Å². The predicted molar refractivity (Wildman–Crippen MR) is 213 cm³/mol. The summed E-state index contributed by atoms with van der Waals surface area (Å²) in [5.41, 5.74) is 3.72. The molecule has 12 unspecified atom stereocenters. The normalized spacial score (nSPS) is 33.0. The Morgan fingerprint density at radius 3 is 1.54 bits per heavy atom. The van der Waals surface area contributed by atoms with Gasteiger partial charge in [-0.2, -0.15) is 0 Å². The van der Waals surface area contributed by atoms with Crippen LogP contribution in [0.15, 0.2) is 18.2 Å². The van der Waals surface area contributed by atoms with Gasteiger partial charge in [0, 0.05) is 66.0 Å². The number of nitrogens with zero attached hydrogens (tertiary/aromatic N) is 2. The third-order valence-electron chi connectivity index (χ3n) is 11.7. The van der Waals surface area contributed by atoms with Gasteiger partial charge in [-0.05, 0) is 101 Å². The van der Waals surface area contributed by atoms with Gasteiger partial charge in [0.25, 0.3) is 0 Å². The second-order valence-electron chi connectivity index (χ2n) is 16.0. The summed E-state index contributed by atoms with van der Waals surface area (Å²) in [6.07, 6.45) is 3.14. The highest BCUT2D eigenvalue weighted by molar-refractivity contribution is 5.88. The van der Waals surface area contributed by atoms with Crippen LogP contribution in [0.1, 0.15) is 90.7 Å². The number of rotatable bonds is 13. The van der Waals surface area contributed by atoms with E-state index in [1.54, 1.807) is 6.08 Å².